The number of fused-ring (bicyclic) bond motifs is 1. The number of aliphatic hydroxyl groups is 1. The number of amides is 3. The van der Waals surface area contributed by atoms with Gasteiger partial charge in [-0.3, -0.25) is 14.4 Å². The van der Waals surface area contributed by atoms with E-state index in [0.717, 1.165) is 12.0 Å². The molecular weight excluding hydrogens is 434 g/mol. The first-order chi connectivity index (χ1) is 16.2. The summed E-state index contributed by atoms with van der Waals surface area (Å²) in [6.45, 7) is 6.58. The number of nitrogens with one attached hydrogen (secondary N) is 2. The third-order valence-electron chi connectivity index (χ3n) is 7.61. The van der Waals surface area contributed by atoms with E-state index in [1.54, 1.807) is 4.90 Å². The van der Waals surface area contributed by atoms with E-state index in [2.05, 4.69) is 10.6 Å². The van der Waals surface area contributed by atoms with Crippen LogP contribution in [0.3, 0.4) is 0 Å². The number of hydrogen-bond donors (Lipinski definition) is 3. The molecule has 2 bridgehead atoms. The predicted molar refractivity (Wildman–Crippen MR) is 126 cm³/mol. The lowest BCUT2D eigenvalue weighted by molar-refractivity contribution is -0.146. The van der Waals surface area contributed by atoms with Gasteiger partial charge in [0.1, 0.15) is 11.6 Å². The Hall–Kier alpha value is -2.45. The molecule has 2 unspecified atom stereocenters. The molecule has 3 fully saturated rings. The molecule has 1 spiro atoms. The maximum atomic E-state index is 13.8. The van der Waals surface area contributed by atoms with Crippen LogP contribution in [0.4, 0.5) is 0 Å². The minimum absolute atomic E-state index is 0.0755. The Bertz CT molecular complexity index is 922. The first-order valence-corrected chi connectivity index (χ1v) is 12.5. The predicted octanol–water partition coefficient (Wildman–Crippen LogP) is 1.75. The van der Waals surface area contributed by atoms with Crippen molar-refractivity contribution in [1.82, 2.24) is 15.5 Å². The Kier molecular flexibility index (Phi) is 7.01. The fourth-order valence-corrected chi connectivity index (χ4v) is 6.20. The number of benzene rings is 1. The molecule has 3 saturated heterocycles. The Morgan fingerprint density at radius 1 is 1.15 bits per heavy atom. The van der Waals surface area contributed by atoms with Gasteiger partial charge in [-0.25, -0.2) is 0 Å². The van der Waals surface area contributed by atoms with Crippen molar-refractivity contribution in [2.75, 3.05) is 13.2 Å². The van der Waals surface area contributed by atoms with E-state index in [-0.39, 0.29) is 30.4 Å². The van der Waals surface area contributed by atoms with Gasteiger partial charge in [-0.15, -0.1) is 0 Å². The average molecular weight is 472 g/mol. The molecule has 186 valence electrons. The third kappa shape index (κ3) is 4.22. The Morgan fingerprint density at radius 2 is 1.88 bits per heavy atom. The molecule has 3 aliphatic heterocycles. The number of ether oxygens (including phenoxy) is 1. The van der Waals surface area contributed by atoms with Crippen molar-refractivity contribution in [3.8, 4) is 0 Å². The third-order valence-corrected chi connectivity index (χ3v) is 7.61. The molecule has 0 aromatic heterocycles. The summed E-state index contributed by atoms with van der Waals surface area (Å²) < 4.78 is 6.58. The van der Waals surface area contributed by atoms with Gasteiger partial charge in [0.15, 0.2) is 0 Å². The summed E-state index contributed by atoms with van der Waals surface area (Å²) >= 11 is 0. The second-order valence-electron chi connectivity index (χ2n) is 10.4. The summed E-state index contributed by atoms with van der Waals surface area (Å²) in [5.74, 6) is -1.91. The Labute approximate surface area is 201 Å². The highest BCUT2D eigenvalue weighted by atomic mass is 16.5. The summed E-state index contributed by atoms with van der Waals surface area (Å²) in [5, 5.41) is 15.1. The molecule has 8 nitrogen and oxygen atoms in total. The van der Waals surface area contributed by atoms with Crippen LogP contribution in [0.15, 0.2) is 30.3 Å². The van der Waals surface area contributed by atoms with E-state index in [9.17, 15) is 14.4 Å². The Morgan fingerprint density at radius 3 is 2.56 bits per heavy atom. The van der Waals surface area contributed by atoms with Crippen LogP contribution in [0.25, 0.3) is 0 Å². The highest BCUT2D eigenvalue weighted by Gasteiger charge is 2.77. The molecule has 3 N–H and O–H groups in total. The van der Waals surface area contributed by atoms with E-state index in [1.807, 2.05) is 51.1 Å². The van der Waals surface area contributed by atoms with Gasteiger partial charge in [0.25, 0.3) is 0 Å². The van der Waals surface area contributed by atoms with Gasteiger partial charge in [0.05, 0.1) is 17.4 Å². The van der Waals surface area contributed by atoms with E-state index >= 15 is 0 Å². The zero-order valence-electron chi connectivity index (χ0n) is 20.4. The van der Waals surface area contributed by atoms with Crippen LogP contribution in [0, 0.1) is 11.8 Å². The summed E-state index contributed by atoms with van der Waals surface area (Å²) in [4.78, 5) is 42.3. The zero-order chi connectivity index (χ0) is 24.5. The molecule has 3 aliphatic rings. The van der Waals surface area contributed by atoms with Crippen molar-refractivity contribution >= 4 is 17.7 Å². The minimum Gasteiger partial charge on any atom is -0.396 e. The number of unbranched alkanes of at least 4 members (excludes halogenated alkanes) is 2. The molecule has 1 aromatic carbocycles. The van der Waals surface area contributed by atoms with Crippen molar-refractivity contribution in [1.29, 1.82) is 0 Å². The standard InChI is InChI=1S/C26H37N3O5/c1-17(2)28-23(32)21-26-13-12-25(3,34-26)19(22(31)27-16-18-10-6-4-7-11-18)20(26)24(33)29(21)14-8-5-9-15-30/h4,6-7,10-11,17,19-21,30H,5,8-9,12-16H2,1-3H3,(H,27,31)(H,28,32)/t19-,20+,21?,25+,26?/m1/s1. The van der Waals surface area contributed by atoms with E-state index < -0.39 is 29.1 Å². The van der Waals surface area contributed by atoms with Crippen LogP contribution in [0.1, 0.15) is 58.4 Å². The van der Waals surface area contributed by atoms with E-state index in [1.165, 1.54) is 0 Å². The van der Waals surface area contributed by atoms with Crippen molar-refractivity contribution in [3.63, 3.8) is 0 Å². The molecule has 0 aliphatic carbocycles. The quantitative estimate of drug-likeness (QED) is 0.451. The topological polar surface area (TPSA) is 108 Å². The highest BCUT2D eigenvalue weighted by molar-refractivity contribution is 5.99. The van der Waals surface area contributed by atoms with Gasteiger partial charge in [0, 0.05) is 25.7 Å². The summed E-state index contributed by atoms with van der Waals surface area (Å²) in [6, 6.07) is 8.83. The molecule has 5 atom stereocenters. The molecule has 4 rings (SSSR count). The normalized spacial score (nSPS) is 31.7. The number of nitrogens with zero attached hydrogens (tertiary/aromatic N) is 1. The number of rotatable bonds is 10. The molecule has 1 aromatic rings. The lowest BCUT2D eigenvalue weighted by atomic mass is 9.66. The van der Waals surface area contributed by atoms with Crippen molar-refractivity contribution in [2.45, 2.75) is 82.7 Å². The molecule has 3 amide bonds. The van der Waals surface area contributed by atoms with Gasteiger partial charge < -0.3 is 25.4 Å². The van der Waals surface area contributed by atoms with Gasteiger partial charge in [0.2, 0.25) is 17.7 Å². The molecule has 8 heteroatoms. The van der Waals surface area contributed by atoms with Crippen LogP contribution < -0.4 is 10.6 Å². The largest absolute Gasteiger partial charge is 0.396 e. The number of hydrogen-bond acceptors (Lipinski definition) is 5. The second-order valence-corrected chi connectivity index (χ2v) is 10.4. The second kappa shape index (κ2) is 9.66. The fraction of sp³-hybridized carbons (Fsp3) is 0.654. The number of carbonyl (C=O) groups excluding carboxylic acids is 3. The SMILES string of the molecule is CC(C)NC(=O)C1N(CCCCCO)C(=O)[C@@H]2[C@H](C(=O)NCc3ccccc3)[C@]3(C)CCC12O3. The maximum absolute atomic E-state index is 13.8. The van der Waals surface area contributed by atoms with Crippen LogP contribution >= 0.6 is 0 Å². The van der Waals surface area contributed by atoms with Crippen LogP contribution in [-0.4, -0.2) is 64.2 Å². The maximum Gasteiger partial charge on any atom is 0.246 e. The lowest BCUT2D eigenvalue weighted by Gasteiger charge is -2.34. The molecule has 0 saturated carbocycles. The van der Waals surface area contributed by atoms with Gasteiger partial charge >= 0.3 is 0 Å². The van der Waals surface area contributed by atoms with Crippen molar-refractivity contribution < 1.29 is 24.2 Å². The zero-order valence-corrected chi connectivity index (χ0v) is 20.4. The van der Waals surface area contributed by atoms with E-state index in [0.29, 0.717) is 38.8 Å². The molecule has 3 heterocycles. The van der Waals surface area contributed by atoms with E-state index in [4.69, 9.17) is 9.84 Å². The number of aliphatic hydroxyl groups excluding tert-OH is 1. The molecule has 34 heavy (non-hydrogen) atoms. The lowest BCUT2D eigenvalue weighted by Crippen LogP contribution is -2.56. The fourth-order valence-electron chi connectivity index (χ4n) is 6.20. The van der Waals surface area contributed by atoms with Crippen LogP contribution in [0.2, 0.25) is 0 Å². The Balaban J connectivity index is 1.60. The van der Waals surface area contributed by atoms with Gasteiger partial charge in [-0.2, -0.15) is 0 Å². The van der Waals surface area contributed by atoms with Gasteiger partial charge in [-0.05, 0) is 58.4 Å². The highest BCUT2D eigenvalue weighted by Crippen LogP contribution is 2.63. The summed E-state index contributed by atoms with van der Waals surface area (Å²) in [7, 11) is 0. The van der Waals surface area contributed by atoms with Crippen LogP contribution in [0.5, 0.6) is 0 Å². The van der Waals surface area contributed by atoms with Crippen molar-refractivity contribution in [3.05, 3.63) is 35.9 Å². The summed E-state index contributed by atoms with van der Waals surface area (Å²) in [6.07, 6.45) is 3.30. The number of carbonyl (C=O) groups is 3. The van der Waals surface area contributed by atoms with Crippen LogP contribution in [-0.2, 0) is 25.7 Å². The number of likely N-dealkylation sites (tertiary alicyclic amines) is 1. The summed E-state index contributed by atoms with van der Waals surface area (Å²) in [5.41, 5.74) is -0.783. The molecular formula is C26H37N3O5. The molecule has 0 radical (unpaired) electrons. The van der Waals surface area contributed by atoms with Gasteiger partial charge in [-0.1, -0.05) is 30.3 Å². The average Bonchev–Trinajstić information content (AvgIpc) is 3.36. The first kappa shape index (κ1) is 24.7. The monoisotopic (exact) mass is 471 g/mol. The first-order valence-electron chi connectivity index (χ1n) is 12.5. The minimum atomic E-state index is -0.990. The smallest absolute Gasteiger partial charge is 0.246 e. The van der Waals surface area contributed by atoms with Crippen molar-refractivity contribution in [2.24, 2.45) is 11.8 Å².